The van der Waals surface area contributed by atoms with Crippen LogP contribution in [0.4, 0.5) is 4.39 Å². The van der Waals surface area contributed by atoms with Gasteiger partial charge in [-0.25, -0.2) is 4.39 Å². The first kappa shape index (κ1) is 14.5. The molecule has 5 nitrogen and oxygen atoms in total. The Kier molecular flexibility index (Phi) is 4.04. The normalized spacial score (nSPS) is 21.1. The van der Waals surface area contributed by atoms with Gasteiger partial charge in [0.15, 0.2) is 0 Å². The molecule has 2 amide bonds. The van der Waals surface area contributed by atoms with Crippen molar-refractivity contribution in [3.05, 3.63) is 35.6 Å². The molecule has 0 aliphatic carbocycles. The summed E-state index contributed by atoms with van der Waals surface area (Å²) in [5.74, 6) is -1.20. The van der Waals surface area contributed by atoms with Crippen LogP contribution >= 0.6 is 0 Å². The van der Waals surface area contributed by atoms with Gasteiger partial charge >= 0.3 is 0 Å². The van der Waals surface area contributed by atoms with Gasteiger partial charge in [-0.15, -0.1) is 0 Å². The largest absolute Gasteiger partial charge is 0.384 e. The standard InChI is InChI=1S/C14H17FN2O3/c1-14(20,10-2-4-11(15)5-3-10)8-17-13(19)9-6-12(18)16-7-9/h2-5,9,20H,6-8H2,1H3,(H,16,18)(H,17,19). The number of halogens is 1. The van der Waals surface area contributed by atoms with E-state index in [1.165, 1.54) is 24.3 Å². The van der Waals surface area contributed by atoms with Crippen LogP contribution in [0.3, 0.4) is 0 Å². The second-order valence-electron chi connectivity index (χ2n) is 5.20. The lowest BCUT2D eigenvalue weighted by molar-refractivity contribution is -0.127. The molecule has 2 atom stereocenters. The lowest BCUT2D eigenvalue weighted by atomic mass is 9.95. The molecule has 0 saturated carbocycles. The number of rotatable bonds is 4. The van der Waals surface area contributed by atoms with Gasteiger partial charge in [-0.1, -0.05) is 12.1 Å². The Hall–Kier alpha value is -1.95. The van der Waals surface area contributed by atoms with Crippen molar-refractivity contribution < 1.29 is 19.1 Å². The highest BCUT2D eigenvalue weighted by Gasteiger charge is 2.30. The molecule has 1 aliphatic heterocycles. The molecule has 1 aromatic rings. The van der Waals surface area contributed by atoms with Crippen LogP contribution in [0.1, 0.15) is 18.9 Å². The highest BCUT2D eigenvalue weighted by Crippen LogP contribution is 2.20. The molecule has 1 fully saturated rings. The Balaban J connectivity index is 1.93. The van der Waals surface area contributed by atoms with Crippen LogP contribution in [0.2, 0.25) is 0 Å². The number of carbonyl (C=O) groups is 2. The molecule has 2 rings (SSSR count). The lowest BCUT2D eigenvalue weighted by Crippen LogP contribution is -2.41. The molecule has 1 aromatic carbocycles. The van der Waals surface area contributed by atoms with Gasteiger partial charge in [0.05, 0.1) is 12.5 Å². The van der Waals surface area contributed by atoms with E-state index in [4.69, 9.17) is 0 Å². The van der Waals surface area contributed by atoms with E-state index in [1.54, 1.807) is 6.92 Å². The SMILES string of the molecule is CC(O)(CNC(=O)C1CNC(=O)C1)c1ccc(F)cc1. The second-order valence-corrected chi connectivity index (χ2v) is 5.20. The van der Waals surface area contributed by atoms with Gasteiger partial charge in [0, 0.05) is 13.0 Å². The van der Waals surface area contributed by atoms with Crippen LogP contribution in [-0.4, -0.2) is 30.0 Å². The van der Waals surface area contributed by atoms with Gasteiger partial charge in [-0.2, -0.15) is 0 Å². The summed E-state index contributed by atoms with van der Waals surface area (Å²) in [5, 5.41) is 15.5. The first-order valence-electron chi connectivity index (χ1n) is 6.41. The number of benzene rings is 1. The van der Waals surface area contributed by atoms with Crippen LogP contribution in [0.25, 0.3) is 0 Å². The van der Waals surface area contributed by atoms with Crippen molar-refractivity contribution in [1.29, 1.82) is 0 Å². The van der Waals surface area contributed by atoms with E-state index >= 15 is 0 Å². The Bertz CT molecular complexity index is 514. The zero-order valence-corrected chi connectivity index (χ0v) is 11.1. The predicted molar refractivity (Wildman–Crippen MR) is 70.1 cm³/mol. The van der Waals surface area contributed by atoms with E-state index in [2.05, 4.69) is 10.6 Å². The van der Waals surface area contributed by atoms with E-state index in [1.807, 2.05) is 0 Å². The lowest BCUT2D eigenvalue weighted by Gasteiger charge is -2.25. The minimum atomic E-state index is -1.29. The maximum Gasteiger partial charge on any atom is 0.225 e. The molecule has 0 aromatic heterocycles. The summed E-state index contributed by atoms with van der Waals surface area (Å²) in [5.41, 5.74) is -0.779. The predicted octanol–water partition coefficient (Wildman–Crippen LogP) is 0.285. The molecule has 108 valence electrons. The number of carbonyl (C=O) groups excluding carboxylic acids is 2. The van der Waals surface area contributed by atoms with Gasteiger partial charge in [0.1, 0.15) is 11.4 Å². The summed E-state index contributed by atoms with van der Waals surface area (Å²) in [6.07, 6.45) is 0.171. The number of aliphatic hydroxyl groups is 1. The summed E-state index contributed by atoms with van der Waals surface area (Å²) in [7, 11) is 0. The van der Waals surface area contributed by atoms with Gasteiger partial charge < -0.3 is 15.7 Å². The molecule has 3 N–H and O–H groups in total. The second kappa shape index (κ2) is 5.58. The average molecular weight is 280 g/mol. The van der Waals surface area contributed by atoms with Crippen molar-refractivity contribution in [2.45, 2.75) is 18.9 Å². The number of amides is 2. The molecule has 0 spiro atoms. The van der Waals surface area contributed by atoms with Crippen molar-refractivity contribution >= 4 is 11.8 Å². The van der Waals surface area contributed by atoms with E-state index in [0.29, 0.717) is 12.1 Å². The minimum Gasteiger partial charge on any atom is -0.384 e. The van der Waals surface area contributed by atoms with Crippen molar-refractivity contribution in [3.63, 3.8) is 0 Å². The monoisotopic (exact) mass is 280 g/mol. The number of hydrogen-bond donors (Lipinski definition) is 3. The zero-order valence-electron chi connectivity index (χ0n) is 11.1. The fourth-order valence-corrected chi connectivity index (χ4v) is 2.11. The van der Waals surface area contributed by atoms with E-state index in [0.717, 1.165) is 0 Å². The van der Waals surface area contributed by atoms with Gasteiger partial charge in [-0.3, -0.25) is 9.59 Å². The molecule has 2 unspecified atom stereocenters. The minimum absolute atomic E-state index is 0.00214. The van der Waals surface area contributed by atoms with Crippen LogP contribution in [0.15, 0.2) is 24.3 Å². The van der Waals surface area contributed by atoms with Gasteiger partial charge in [0.25, 0.3) is 0 Å². The Morgan fingerprint density at radius 1 is 1.50 bits per heavy atom. The molecular formula is C14H17FN2O3. The van der Waals surface area contributed by atoms with E-state index < -0.39 is 11.5 Å². The van der Waals surface area contributed by atoms with Crippen molar-refractivity contribution in [2.24, 2.45) is 5.92 Å². The average Bonchev–Trinajstić information content (AvgIpc) is 2.83. The third kappa shape index (κ3) is 3.33. The maximum atomic E-state index is 12.8. The Morgan fingerprint density at radius 2 is 2.15 bits per heavy atom. The van der Waals surface area contributed by atoms with Crippen LogP contribution in [-0.2, 0) is 15.2 Å². The molecule has 1 aliphatic rings. The third-order valence-corrected chi connectivity index (χ3v) is 3.42. The summed E-state index contributed by atoms with van der Waals surface area (Å²) in [6.45, 7) is 1.87. The first-order chi connectivity index (χ1) is 9.38. The summed E-state index contributed by atoms with van der Waals surface area (Å²) < 4.78 is 12.8. The molecule has 0 radical (unpaired) electrons. The van der Waals surface area contributed by atoms with Crippen LogP contribution in [0.5, 0.6) is 0 Å². The molecular weight excluding hydrogens is 263 g/mol. The summed E-state index contributed by atoms with van der Waals surface area (Å²) in [6, 6.07) is 5.46. The first-order valence-corrected chi connectivity index (χ1v) is 6.41. The fourth-order valence-electron chi connectivity index (χ4n) is 2.11. The maximum absolute atomic E-state index is 12.8. The van der Waals surface area contributed by atoms with Crippen LogP contribution in [0, 0.1) is 11.7 Å². The zero-order chi connectivity index (χ0) is 14.8. The highest BCUT2D eigenvalue weighted by molar-refractivity contribution is 5.89. The molecule has 0 bridgehead atoms. The molecule has 1 saturated heterocycles. The number of nitrogens with one attached hydrogen (secondary N) is 2. The third-order valence-electron chi connectivity index (χ3n) is 3.42. The fraction of sp³-hybridized carbons (Fsp3) is 0.429. The van der Waals surface area contributed by atoms with E-state index in [-0.39, 0.29) is 30.6 Å². The topological polar surface area (TPSA) is 78.4 Å². The van der Waals surface area contributed by atoms with Gasteiger partial charge in [-0.05, 0) is 24.6 Å². The van der Waals surface area contributed by atoms with Crippen LogP contribution < -0.4 is 10.6 Å². The van der Waals surface area contributed by atoms with E-state index in [9.17, 15) is 19.1 Å². The summed E-state index contributed by atoms with van der Waals surface area (Å²) >= 11 is 0. The Morgan fingerprint density at radius 3 is 2.70 bits per heavy atom. The smallest absolute Gasteiger partial charge is 0.225 e. The Labute approximate surface area is 116 Å². The quantitative estimate of drug-likeness (QED) is 0.741. The van der Waals surface area contributed by atoms with Gasteiger partial charge in [0.2, 0.25) is 11.8 Å². The number of hydrogen-bond acceptors (Lipinski definition) is 3. The van der Waals surface area contributed by atoms with Crippen molar-refractivity contribution in [3.8, 4) is 0 Å². The summed E-state index contributed by atoms with van der Waals surface area (Å²) in [4.78, 5) is 22.9. The molecule has 1 heterocycles. The highest BCUT2D eigenvalue weighted by atomic mass is 19.1. The van der Waals surface area contributed by atoms with Crippen molar-refractivity contribution in [2.75, 3.05) is 13.1 Å². The molecule has 6 heteroatoms. The van der Waals surface area contributed by atoms with Crippen molar-refractivity contribution in [1.82, 2.24) is 10.6 Å². The molecule has 20 heavy (non-hydrogen) atoms.